The number of rotatable bonds is 2. The SMILES string of the molecule is O=C(O)C[C@@H]1O[C@@H](O)[C@@H](O)[C@@H](O)[C@H]1O. The van der Waals surface area contributed by atoms with Crippen molar-refractivity contribution in [2.45, 2.75) is 37.1 Å². The highest BCUT2D eigenvalue weighted by Crippen LogP contribution is 2.21. The fraction of sp³-hybridized carbons (Fsp3) is 0.857. The van der Waals surface area contributed by atoms with Crippen molar-refractivity contribution in [3.05, 3.63) is 0 Å². The summed E-state index contributed by atoms with van der Waals surface area (Å²) in [4.78, 5) is 10.3. The van der Waals surface area contributed by atoms with E-state index in [-0.39, 0.29) is 0 Å². The molecule has 0 aliphatic carbocycles. The Morgan fingerprint density at radius 1 is 1.07 bits per heavy atom. The summed E-state index contributed by atoms with van der Waals surface area (Å²) in [5, 5.41) is 44.9. The van der Waals surface area contributed by atoms with E-state index in [9.17, 15) is 9.90 Å². The molecule has 0 amide bonds. The maximum atomic E-state index is 10.3. The number of carboxylic acid groups (broad SMARTS) is 1. The maximum Gasteiger partial charge on any atom is 0.306 e. The normalized spacial score (nSPS) is 43.6. The van der Waals surface area contributed by atoms with Crippen LogP contribution in [0.5, 0.6) is 0 Å². The van der Waals surface area contributed by atoms with Gasteiger partial charge in [0.1, 0.15) is 18.3 Å². The Morgan fingerprint density at radius 3 is 2.14 bits per heavy atom. The minimum Gasteiger partial charge on any atom is -0.481 e. The highest BCUT2D eigenvalue weighted by molar-refractivity contribution is 5.67. The van der Waals surface area contributed by atoms with E-state index in [4.69, 9.17) is 20.4 Å². The van der Waals surface area contributed by atoms with Crippen molar-refractivity contribution in [2.24, 2.45) is 0 Å². The third kappa shape index (κ3) is 2.20. The molecule has 0 radical (unpaired) electrons. The summed E-state index contributed by atoms with van der Waals surface area (Å²) in [5.41, 5.74) is 0. The van der Waals surface area contributed by atoms with E-state index in [2.05, 4.69) is 4.74 Å². The van der Waals surface area contributed by atoms with Crippen LogP contribution in [0.4, 0.5) is 0 Å². The van der Waals surface area contributed by atoms with E-state index in [1.54, 1.807) is 0 Å². The van der Waals surface area contributed by atoms with Crippen molar-refractivity contribution in [2.75, 3.05) is 0 Å². The lowest BCUT2D eigenvalue weighted by molar-refractivity contribution is -0.282. The number of carbonyl (C=O) groups is 1. The molecule has 1 heterocycles. The molecule has 14 heavy (non-hydrogen) atoms. The lowest BCUT2D eigenvalue weighted by Gasteiger charge is -2.37. The molecule has 0 aromatic carbocycles. The summed E-state index contributed by atoms with van der Waals surface area (Å²) in [6.07, 6.45) is -8.22. The molecule has 1 saturated heterocycles. The van der Waals surface area contributed by atoms with E-state index < -0.39 is 43.1 Å². The first-order valence-corrected chi connectivity index (χ1v) is 4.03. The van der Waals surface area contributed by atoms with Crippen LogP contribution in [-0.2, 0) is 9.53 Å². The number of aliphatic carboxylic acids is 1. The molecule has 5 N–H and O–H groups in total. The molecular formula is C7H12O7. The summed E-state index contributed by atoms with van der Waals surface area (Å²) in [6.45, 7) is 0. The smallest absolute Gasteiger partial charge is 0.306 e. The van der Waals surface area contributed by atoms with Crippen LogP contribution in [0.2, 0.25) is 0 Å². The molecule has 1 rings (SSSR count). The van der Waals surface area contributed by atoms with Crippen LogP contribution in [0.25, 0.3) is 0 Å². The van der Waals surface area contributed by atoms with Crippen LogP contribution in [0.1, 0.15) is 6.42 Å². The Balaban J connectivity index is 2.65. The van der Waals surface area contributed by atoms with Crippen molar-refractivity contribution in [1.82, 2.24) is 0 Å². The molecule has 1 fully saturated rings. The van der Waals surface area contributed by atoms with Crippen molar-refractivity contribution >= 4 is 5.97 Å². The molecule has 0 saturated carbocycles. The van der Waals surface area contributed by atoms with Gasteiger partial charge in [0.2, 0.25) is 0 Å². The van der Waals surface area contributed by atoms with Crippen molar-refractivity contribution in [3.8, 4) is 0 Å². The van der Waals surface area contributed by atoms with E-state index in [0.717, 1.165) is 0 Å². The number of hydrogen-bond donors (Lipinski definition) is 5. The first-order chi connectivity index (χ1) is 6.43. The van der Waals surface area contributed by atoms with Crippen molar-refractivity contribution < 1.29 is 35.1 Å². The number of aliphatic hydroxyl groups is 4. The Labute approximate surface area is 79.2 Å². The van der Waals surface area contributed by atoms with Crippen molar-refractivity contribution in [1.29, 1.82) is 0 Å². The predicted molar refractivity (Wildman–Crippen MR) is 41.2 cm³/mol. The Kier molecular flexibility index (Phi) is 3.40. The molecule has 82 valence electrons. The quantitative estimate of drug-likeness (QED) is 0.333. The number of aliphatic hydroxyl groups excluding tert-OH is 4. The molecular weight excluding hydrogens is 196 g/mol. The zero-order valence-electron chi connectivity index (χ0n) is 7.15. The third-order valence-electron chi connectivity index (χ3n) is 2.06. The molecule has 5 atom stereocenters. The zero-order valence-corrected chi connectivity index (χ0v) is 7.15. The lowest BCUT2D eigenvalue weighted by atomic mass is 9.97. The molecule has 0 unspecified atom stereocenters. The second-order valence-electron chi connectivity index (χ2n) is 3.13. The van der Waals surface area contributed by atoms with E-state index in [1.165, 1.54) is 0 Å². The number of carboxylic acids is 1. The first kappa shape index (κ1) is 11.3. The van der Waals surface area contributed by atoms with Gasteiger partial charge >= 0.3 is 5.97 Å². The molecule has 1 aliphatic heterocycles. The molecule has 0 bridgehead atoms. The highest BCUT2D eigenvalue weighted by atomic mass is 16.6. The maximum absolute atomic E-state index is 10.3. The van der Waals surface area contributed by atoms with E-state index in [1.807, 2.05) is 0 Å². The topological polar surface area (TPSA) is 127 Å². The van der Waals surface area contributed by atoms with Crippen LogP contribution in [0.3, 0.4) is 0 Å². The second-order valence-corrected chi connectivity index (χ2v) is 3.13. The van der Waals surface area contributed by atoms with Crippen LogP contribution in [0, 0.1) is 0 Å². The number of hydrogen-bond acceptors (Lipinski definition) is 6. The Morgan fingerprint density at radius 2 is 1.64 bits per heavy atom. The molecule has 1 aliphatic rings. The standard InChI is InChI=1S/C7H12O7/c8-3(9)1-2-4(10)5(11)6(12)7(13)14-2/h2,4-7,10-13H,1H2,(H,8,9)/t2-,4-,5-,6-,7+/m0/s1. The van der Waals surface area contributed by atoms with Crippen LogP contribution >= 0.6 is 0 Å². The Bertz CT molecular complexity index is 218. The van der Waals surface area contributed by atoms with Gasteiger partial charge in [0.25, 0.3) is 0 Å². The van der Waals surface area contributed by atoms with Gasteiger partial charge in [-0.05, 0) is 0 Å². The predicted octanol–water partition coefficient (Wildman–Crippen LogP) is -2.74. The minimum atomic E-state index is -1.68. The largest absolute Gasteiger partial charge is 0.481 e. The third-order valence-corrected chi connectivity index (χ3v) is 2.06. The zero-order chi connectivity index (χ0) is 10.9. The van der Waals surface area contributed by atoms with Crippen LogP contribution in [-0.4, -0.2) is 62.2 Å². The summed E-state index contributed by atoms with van der Waals surface area (Å²) in [5.74, 6) is -1.23. The van der Waals surface area contributed by atoms with E-state index in [0.29, 0.717) is 0 Å². The molecule has 0 aromatic heterocycles. The molecule has 0 aromatic rings. The summed E-state index contributed by atoms with van der Waals surface area (Å²) < 4.78 is 4.61. The van der Waals surface area contributed by atoms with Gasteiger partial charge in [-0.2, -0.15) is 0 Å². The Hall–Kier alpha value is -0.730. The van der Waals surface area contributed by atoms with Gasteiger partial charge in [-0.25, -0.2) is 0 Å². The molecule has 7 heteroatoms. The van der Waals surface area contributed by atoms with Gasteiger partial charge in [-0.15, -0.1) is 0 Å². The molecule has 0 spiro atoms. The summed E-state index contributed by atoms with van der Waals surface area (Å²) >= 11 is 0. The molecule has 7 nitrogen and oxygen atoms in total. The van der Waals surface area contributed by atoms with Crippen LogP contribution < -0.4 is 0 Å². The van der Waals surface area contributed by atoms with Gasteiger partial charge in [-0.3, -0.25) is 4.79 Å². The minimum absolute atomic E-state index is 0.554. The first-order valence-electron chi connectivity index (χ1n) is 4.03. The summed E-state index contributed by atoms with van der Waals surface area (Å²) in [7, 11) is 0. The van der Waals surface area contributed by atoms with E-state index >= 15 is 0 Å². The van der Waals surface area contributed by atoms with Gasteiger partial charge < -0.3 is 30.3 Å². The highest BCUT2D eigenvalue weighted by Gasteiger charge is 2.43. The monoisotopic (exact) mass is 208 g/mol. The summed E-state index contributed by atoms with van der Waals surface area (Å²) in [6, 6.07) is 0. The van der Waals surface area contributed by atoms with Crippen LogP contribution in [0.15, 0.2) is 0 Å². The van der Waals surface area contributed by atoms with Gasteiger partial charge in [-0.1, -0.05) is 0 Å². The number of ether oxygens (including phenoxy) is 1. The van der Waals surface area contributed by atoms with Crippen molar-refractivity contribution in [3.63, 3.8) is 0 Å². The van der Waals surface area contributed by atoms with Gasteiger partial charge in [0, 0.05) is 0 Å². The average molecular weight is 208 g/mol. The van der Waals surface area contributed by atoms with Gasteiger partial charge in [0.15, 0.2) is 6.29 Å². The average Bonchev–Trinajstić information content (AvgIpc) is 2.10. The lowest BCUT2D eigenvalue weighted by Crippen LogP contribution is -2.57. The van der Waals surface area contributed by atoms with Gasteiger partial charge in [0.05, 0.1) is 12.5 Å². The fourth-order valence-electron chi connectivity index (χ4n) is 1.27. The second kappa shape index (κ2) is 4.20. The fourth-order valence-corrected chi connectivity index (χ4v) is 1.27.